The third-order valence-electron chi connectivity index (χ3n) is 1.26. The first-order valence-corrected chi connectivity index (χ1v) is 5.64. The van der Waals surface area contributed by atoms with Crippen molar-refractivity contribution in [2.45, 2.75) is 0 Å². The number of methoxy groups -OCH3 is 1. The fraction of sp³-hybridized carbons (Fsp3) is 1.00. The molecule has 0 fully saturated rings. The van der Waals surface area contributed by atoms with E-state index in [1.54, 1.807) is 7.11 Å². The molecule has 0 aromatic carbocycles. The molecule has 0 amide bonds. The van der Waals surface area contributed by atoms with Gasteiger partial charge in [0, 0.05) is 7.11 Å². The molecule has 7 nitrogen and oxygen atoms in total. The molecular formula is C7H15LiO7S. The third kappa shape index (κ3) is 16.8. The zero-order valence-corrected chi connectivity index (χ0v) is 10.3. The zero-order chi connectivity index (χ0) is 11.6. The molecule has 0 saturated carbocycles. The monoisotopic (exact) mass is 250 g/mol. The van der Waals surface area contributed by atoms with E-state index in [1.165, 1.54) is 0 Å². The van der Waals surface area contributed by atoms with Gasteiger partial charge >= 0.3 is 18.9 Å². The van der Waals surface area contributed by atoms with Gasteiger partial charge in [-0.3, -0.25) is 4.18 Å². The Bertz CT molecular complexity index is 231. The summed E-state index contributed by atoms with van der Waals surface area (Å²) in [6.45, 7) is 1.45. The van der Waals surface area contributed by atoms with Crippen molar-refractivity contribution in [3.8, 4) is 0 Å². The molecule has 0 aliphatic heterocycles. The van der Waals surface area contributed by atoms with E-state index in [1.807, 2.05) is 0 Å². The molecule has 0 saturated heterocycles. The largest absolute Gasteiger partial charge is 1.00 e. The van der Waals surface area contributed by atoms with Crippen molar-refractivity contribution < 1.29 is 50.2 Å². The molecule has 0 aliphatic rings. The summed E-state index contributed by atoms with van der Waals surface area (Å²) in [6.07, 6.45) is 0. The van der Waals surface area contributed by atoms with E-state index in [-0.39, 0.29) is 32.1 Å². The van der Waals surface area contributed by atoms with E-state index in [2.05, 4.69) is 4.18 Å². The third-order valence-corrected chi connectivity index (χ3v) is 1.71. The summed E-state index contributed by atoms with van der Waals surface area (Å²) in [7, 11) is -3.04. The minimum atomic E-state index is -4.61. The van der Waals surface area contributed by atoms with Crippen LogP contribution in [0.2, 0.25) is 0 Å². The Morgan fingerprint density at radius 3 is 1.81 bits per heavy atom. The fourth-order valence-corrected chi connectivity index (χ4v) is 0.931. The molecule has 9 heteroatoms. The Hall–Kier alpha value is 0.347. The minimum Gasteiger partial charge on any atom is -0.726 e. The van der Waals surface area contributed by atoms with Crippen molar-refractivity contribution >= 4 is 10.4 Å². The van der Waals surface area contributed by atoms with Gasteiger partial charge in [0.05, 0.1) is 39.6 Å². The standard InChI is InChI=1S/C7H16O7S.Li/c1-11-2-3-12-4-5-13-6-7-14-15(8,9)10;/h2-7H2,1H3,(H,8,9,10);/q;+1/p-1. The van der Waals surface area contributed by atoms with Crippen LogP contribution in [0, 0.1) is 0 Å². The van der Waals surface area contributed by atoms with Crippen LogP contribution in [0.15, 0.2) is 0 Å². The summed E-state index contributed by atoms with van der Waals surface area (Å²) in [6, 6.07) is 0. The molecule has 0 spiro atoms. The SMILES string of the molecule is COCCOCCOCCOS(=O)(=O)[O-].[Li+]. The van der Waals surface area contributed by atoms with E-state index >= 15 is 0 Å². The van der Waals surface area contributed by atoms with Gasteiger partial charge in [0.15, 0.2) is 0 Å². The van der Waals surface area contributed by atoms with Gasteiger partial charge in [-0.1, -0.05) is 0 Å². The van der Waals surface area contributed by atoms with Crippen LogP contribution in [0.3, 0.4) is 0 Å². The Morgan fingerprint density at radius 2 is 1.38 bits per heavy atom. The Balaban J connectivity index is 0. The maximum absolute atomic E-state index is 9.97. The quantitative estimate of drug-likeness (QED) is 0.169. The molecule has 16 heavy (non-hydrogen) atoms. The average molecular weight is 250 g/mol. The maximum atomic E-state index is 9.97. The van der Waals surface area contributed by atoms with Crippen LogP contribution < -0.4 is 18.9 Å². The van der Waals surface area contributed by atoms with Gasteiger partial charge in [0.1, 0.15) is 0 Å². The second-order valence-electron chi connectivity index (χ2n) is 2.45. The average Bonchev–Trinajstić information content (AvgIpc) is 2.14. The van der Waals surface area contributed by atoms with Gasteiger partial charge in [0.25, 0.3) is 0 Å². The van der Waals surface area contributed by atoms with Crippen LogP contribution >= 0.6 is 0 Å². The van der Waals surface area contributed by atoms with Crippen LogP contribution in [0.1, 0.15) is 0 Å². The number of rotatable bonds is 10. The molecule has 0 bridgehead atoms. The van der Waals surface area contributed by atoms with Gasteiger partial charge in [-0.15, -0.1) is 0 Å². The zero-order valence-electron chi connectivity index (χ0n) is 9.51. The van der Waals surface area contributed by atoms with Gasteiger partial charge in [0.2, 0.25) is 10.4 Å². The van der Waals surface area contributed by atoms with Gasteiger partial charge in [-0.05, 0) is 0 Å². The topological polar surface area (TPSA) is 94.1 Å². The predicted molar refractivity (Wildman–Crippen MR) is 49.2 cm³/mol. The Morgan fingerprint density at radius 1 is 0.938 bits per heavy atom. The summed E-state index contributed by atoms with van der Waals surface area (Å²) in [4.78, 5) is 0. The summed E-state index contributed by atoms with van der Waals surface area (Å²) in [5.74, 6) is 0. The molecule has 0 aromatic rings. The molecule has 0 radical (unpaired) electrons. The van der Waals surface area contributed by atoms with Crippen LogP contribution in [0.4, 0.5) is 0 Å². The van der Waals surface area contributed by atoms with Crippen LogP contribution in [0.25, 0.3) is 0 Å². The predicted octanol–water partition coefficient (Wildman–Crippen LogP) is -3.85. The first-order valence-electron chi connectivity index (χ1n) is 4.31. The first-order chi connectivity index (χ1) is 7.06. The maximum Gasteiger partial charge on any atom is 1.00 e. The molecule has 0 N–H and O–H groups in total. The second-order valence-corrected chi connectivity index (χ2v) is 3.50. The van der Waals surface area contributed by atoms with Crippen molar-refractivity contribution in [2.75, 3.05) is 46.8 Å². The van der Waals surface area contributed by atoms with Crippen LogP contribution in [-0.4, -0.2) is 59.7 Å². The molecule has 0 heterocycles. The molecule has 0 aliphatic carbocycles. The molecule has 0 rings (SSSR count). The Kier molecular flexibility index (Phi) is 13.8. The van der Waals surface area contributed by atoms with Crippen molar-refractivity contribution in [1.29, 1.82) is 0 Å². The molecule has 92 valence electrons. The molecule has 0 unspecified atom stereocenters. The van der Waals surface area contributed by atoms with Gasteiger partial charge < -0.3 is 18.8 Å². The minimum absolute atomic E-state index is 0. The number of ether oxygens (including phenoxy) is 3. The number of hydrogen-bond donors (Lipinski definition) is 0. The fourth-order valence-electron chi connectivity index (χ4n) is 0.659. The van der Waals surface area contributed by atoms with E-state index in [0.29, 0.717) is 26.4 Å². The molecule has 0 aromatic heterocycles. The van der Waals surface area contributed by atoms with E-state index in [0.717, 1.165) is 0 Å². The van der Waals surface area contributed by atoms with Crippen molar-refractivity contribution in [1.82, 2.24) is 0 Å². The van der Waals surface area contributed by atoms with E-state index in [4.69, 9.17) is 14.2 Å². The van der Waals surface area contributed by atoms with E-state index in [9.17, 15) is 13.0 Å². The normalized spacial score (nSPS) is 11.1. The summed E-state index contributed by atoms with van der Waals surface area (Å²) >= 11 is 0. The number of hydrogen-bond acceptors (Lipinski definition) is 7. The second kappa shape index (κ2) is 11.8. The van der Waals surface area contributed by atoms with Crippen LogP contribution in [0.5, 0.6) is 0 Å². The molecular weight excluding hydrogens is 235 g/mol. The van der Waals surface area contributed by atoms with Crippen molar-refractivity contribution in [2.24, 2.45) is 0 Å². The summed E-state index contributed by atoms with van der Waals surface area (Å²) < 4.78 is 48.5. The Labute approximate surface area is 108 Å². The van der Waals surface area contributed by atoms with Gasteiger partial charge in [-0.25, -0.2) is 8.42 Å². The van der Waals surface area contributed by atoms with E-state index < -0.39 is 10.4 Å². The van der Waals surface area contributed by atoms with Gasteiger partial charge in [-0.2, -0.15) is 0 Å². The smallest absolute Gasteiger partial charge is 0.726 e. The summed E-state index contributed by atoms with van der Waals surface area (Å²) in [5, 5.41) is 0. The first kappa shape index (κ1) is 18.7. The van der Waals surface area contributed by atoms with Crippen LogP contribution in [-0.2, 0) is 28.8 Å². The molecule has 0 atom stereocenters. The van der Waals surface area contributed by atoms with Crippen molar-refractivity contribution in [3.05, 3.63) is 0 Å². The summed E-state index contributed by atoms with van der Waals surface area (Å²) in [5.41, 5.74) is 0. The van der Waals surface area contributed by atoms with Crippen molar-refractivity contribution in [3.63, 3.8) is 0 Å².